The van der Waals surface area contributed by atoms with Crippen LogP contribution in [0.3, 0.4) is 0 Å². The molecule has 0 unspecified atom stereocenters. The van der Waals surface area contributed by atoms with Gasteiger partial charge in [-0.15, -0.1) is 0 Å². The Hall–Kier alpha value is -1.36. The van der Waals surface area contributed by atoms with Crippen LogP contribution < -0.4 is 10.2 Å². The van der Waals surface area contributed by atoms with Crippen LogP contribution in [0, 0.1) is 0 Å². The molecule has 1 heterocycles. The molecule has 0 atom stereocenters. The first kappa shape index (κ1) is 14.1. The van der Waals surface area contributed by atoms with Crippen LogP contribution in [0.5, 0.6) is 0 Å². The van der Waals surface area contributed by atoms with Gasteiger partial charge in [0.05, 0.1) is 0 Å². The highest BCUT2D eigenvalue weighted by Gasteiger charge is 2.23. The summed E-state index contributed by atoms with van der Waals surface area (Å²) in [6.07, 6.45) is 4.93. The molecule has 1 aliphatic rings. The summed E-state index contributed by atoms with van der Waals surface area (Å²) in [5, 5.41) is 3.33. The fourth-order valence-electron chi connectivity index (χ4n) is 2.16. The second kappa shape index (κ2) is 6.70. The highest BCUT2D eigenvalue weighted by Crippen LogP contribution is 2.28. The van der Waals surface area contributed by atoms with Crippen LogP contribution in [0.15, 0.2) is 6.07 Å². The molecule has 0 radical (unpaired) electrons. The number of aromatic nitrogens is 2. The third kappa shape index (κ3) is 3.56. The van der Waals surface area contributed by atoms with Crippen molar-refractivity contribution >= 4 is 11.6 Å². The van der Waals surface area contributed by atoms with Gasteiger partial charge in [0.15, 0.2) is 5.82 Å². The zero-order valence-electron chi connectivity index (χ0n) is 12.1. The third-order valence-electron chi connectivity index (χ3n) is 3.57. The van der Waals surface area contributed by atoms with Crippen molar-refractivity contribution in [3.8, 4) is 0 Å². The molecular weight excluding hydrogens is 240 g/mol. The summed E-state index contributed by atoms with van der Waals surface area (Å²) in [4.78, 5) is 11.3. The number of methoxy groups -OCH3 is 1. The average molecular weight is 264 g/mol. The zero-order chi connectivity index (χ0) is 13.7. The van der Waals surface area contributed by atoms with Gasteiger partial charge in [0, 0.05) is 32.8 Å². The molecule has 0 aliphatic heterocycles. The van der Waals surface area contributed by atoms with E-state index in [2.05, 4.69) is 34.2 Å². The van der Waals surface area contributed by atoms with Crippen molar-refractivity contribution in [1.29, 1.82) is 0 Å². The second-order valence-electron chi connectivity index (χ2n) is 5.08. The molecule has 1 fully saturated rings. The topological polar surface area (TPSA) is 50.3 Å². The molecule has 5 heteroatoms. The van der Waals surface area contributed by atoms with Crippen molar-refractivity contribution in [1.82, 2.24) is 9.97 Å². The SMILES string of the molecule is CCCNc1cc(N(C)C2CCC2)nc(COC)n1. The van der Waals surface area contributed by atoms with Crippen LogP contribution in [0.2, 0.25) is 0 Å². The molecule has 1 aromatic heterocycles. The molecule has 106 valence electrons. The summed E-state index contributed by atoms with van der Waals surface area (Å²) in [6, 6.07) is 2.66. The zero-order valence-corrected chi connectivity index (χ0v) is 12.1. The predicted molar refractivity (Wildman–Crippen MR) is 77.6 cm³/mol. The number of nitrogens with zero attached hydrogens (tertiary/aromatic N) is 3. The van der Waals surface area contributed by atoms with E-state index < -0.39 is 0 Å². The smallest absolute Gasteiger partial charge is 0.158 e. The Kier molecular flexibility index (Phi) is 4.96. The molecule has 19 heavy (non-hydrogen) atoms. The van der Waals surface area contributed by atoms with E-state index in [1.54, 1.807) is 7.11 Å². The summed E-state index contributed by atoms with van der Waals surface area (Å²) in [5.41, 5.74) is 0. The number of nitrogens with one attached hydrogen (secondary N) is 1. The van der Waals surface area contributed by atoms with Gasteiger partial charge in [-0.3, -0.25) is 0 Å². The number of hydrogen-bond donors (Lipinski definition) is 1. The van der Waals surface area contributed by atoms with Gasteiger partial charge in [-0.05, 0) is 25.7 Å². The molecule has 0 aromatic carbocycles. The molecule has 1 aromatic rings. The Labute approximate surface area is 115 Å². The van der Waals surface area contributed by atoms with Crippen molar-refractivity contribution in [2.24, 2.45) is 0 Å². The lowest BCUT2D eigenvalue weighted by Gasteiger charge is -2.35. The van der Waals surface area contributed by atoms with Gasteiger partial charge in [0.25, 0.3) is 0 Å². The van der Waals surface area contributed by atoms with E-state index in [4.69, 9.17) is 4.74 Å². The van der Waals surface area contributed by atoms with Crippen LogP contribution in [-0.2, 0) is 11.3 Å². The minimum atomic E-state index is 0.452. The molecule has 0 amide bonds. The molecule has 5 nitrogen and oxygen atoms in total. The fourth-order valence-corrected chi connectivity index (χ4v) is 2.16. The van der Waals surface area contributed by atoms with Gasteiger partial charge in [0.2, 0.25) is 0 Å². The monoisotopic (exact) mass is 264 g/mol. The molecular formula is C14H24N4O. The van der Waals surface area contributed by atoms with Crippen LogP contribution in [-0.4, -0.2) is 36.7 Å². The van der Waals surface area contributed by atoms with Gasteiger partial charge in [0.1, 0.15) is 18.2 Å². The summed E-state index contributed by atoms with van der Waals surface area (Å²) < 4.78 is 5.15. The van der Waals surface area contributed by atoms with Crippen molar-refractivity contribution in [2.45, 2.75) is 45.3 Å². The largest absolute Gasteiger partial charge is 0.377 e. The highest BCUT2D eigenvalue weighted by atomic mass is 16.5. The molecule has 0 bridgehead atoms. The van der Waals surface area contributed by atoms with Gasteiger partial charge in [-0.2, -0.15) is 0 Å². The highest BCUT2D eigenvalue weighted by molar-refractivity contribution is 5.49. The van der Waals surface area contributed by atoms with Crippen molar-refractivity contribution in [3.05, 3.63) is 11.9 Å². The lowest BCUT2D eigenvalue weighted by atomic mass is 9.92. The van der Waals surface area contributed by atoms with Crippen molar-refractivity contribution in [3.63, 3.8) is 0 Å². The molecule has 1 N–H and O–H groups in total. The third-order valence-corrected chi connectivity index (χ3v) is 3.57. The summed E-state index contributed by atoms with van der Waals surface area (Å²) in [5.74, 6) is 2.63. The number of anilines is 2. The quantitative estimate of drug-likeness (QED) is 0.819. The number of hydrogen-bond acceptors (Lipinski definition) is 5. The lowest BCUT2D eigenvalue weighted by molar-refractivity contribution is 0.178. The summed E-state index contributed by atoms with van der Waals surface area (Å²) in [6.45, 7) is 3.52. The maximum atomic E-state index is 5.15. The second-order valence-corrected chi connectivity index (χ2v) is 5.08. The average Bonchev–Trinajstić information content (AvgIpc) is 2.34. The van der Waals surface area contributed by atoms with Crippen LogP contribution in [0.25, 0.3) is 0 Å². The van der Waals surface area contributed by atoms with Gasteiger partial charge < -0.3 is 15.0 Å². The normalized spacial score (nSPS) is 15.1. The van der Waals surface area contributed by atoms with Crippen molar-refractivity contribution < 1.29 is 4.74 Å². The van der Waals surface area contributed by atoms with Crippen molar-refractivity contribution in [2.75, 3.05) is 30.9 Å². The summed E-state index contributed by atoms with van der Waals surface area (Å²) >= 11 is 0. The van der Waals surface area contributed by atoms with E-state index in [0.29, 0.717) is 12.6 Å². The molecule has 1 saturated carbocycles. The van der Waals surface area contributed by atoms with Gasteiger partial charge in [-0.25, -0.2) is 9.97 Å². The standard InChI is InChI=1S/C14H24N4O/c1-4-8-15-12-9-14(17-13(16-12)10-19-3)18(2)11-6-5-7-11/h9,11H,4-8,10H2,1-3H3,(H,15,16,17). The Morgan fingerprint density at radius 2 is 2.21 bits per heavy atom. The Bertz CT molecular complexity index is 406. The van der Waals surface area contributed by atoms with E-state index in [9.17, 15) is 0 Å². The van der Waals surface area contributed by atoms with E-state index in [-0.39, 0.29) is 0 Å². The van der Waals surface area contributed by atoms with Gasteiger partial charge >= 0.3 is 0 Å². The first-order valence-corrected chi connectivity index (χ1v) is 7.08. The summed E-state index contributed by atoms with van der Waals surface area (Å²) in [7, 11) is 3.79. The number of ether oxygens (including phenoxy) is 1. The van der Waals surface area contributed by atoms with E-state index in [1.807, 2.05) is 6.07 Å². The first-order valence-electron chi connectivity index (χ1n) is 7.08. The van der Waals surface area contributed by atoms with E-state index in [1.165, 1.54) is 19.3 Å². The minimum absolute atomic E-state index is 0.452. The number of rotatable bonds is 7. The minimum Gasteiger partial charge on any atom is -0.377 e. The van der Waals surface area contributed by atoms with Crippen LogP contribution in [0.4, 0.5) is 11.6 Å². The lowest BCUT2D eigenvalue weighted by Crippen LogP contribution is -2.37. The Balaban J connectivity index is 2.16. The molecule has 0 spiro atoms. The molecule has 0 saturated heterocycles. The van der Waals surface area contributed by atoms with Gasteiger partial charge in [-0.1, -0.05) is 6.92 Å². The van der Waals surface area contributed by atoms with Crippen LogP contribution >= 0.6 is 0 Å². The Morgan fingerprint density at radius 3 is 2.79 bits per heavy atom. The fraction of sp³-hybridized carbons (Fsp3) is 0.714. The maximum Gasteiger partial charge on any atom is 0.158 e. The van der Waals surface area contributed by atoms with E-state index in [0.717, 1.165) is 30.4 Å². The molecule has 1 aliphatic carbocycles. The maximum absolute atomic E-state index is 5.15. The first-order chi connectivity index (χ1) is 9.24. The molecule has 2 rings (SSSR count). The van der Waals surface area contributed by atoms with Crippen LogP contribution in [0.1, 0.15) is 38.4 Å². The predicted octanol–water partition coefficient (Wildman–Crippen LogP) is 2.43. The van der Waals surface area contributed by atoms with E-state index >= 15 is 0 Å². The Morgan fingerprint density at radius 1 is 1.42 bits per heavy atom.